The van der Waals surface area contributed by atoms with Crippen LogP contribution < -0.4 is 0 Å². The zero-order valence-corrected chi connectivity index (χ0v) is 60.7. The van der Waals surface area contributed by atoms with Crippen LogP contribution in [0.5, 0.6) is 0 Å². The maximum Gasteiger partial charge on any atom is 0.0541 e. The zero-order chi connectivity index (χ0) is 70.8. The second-order valence-electron chi connectivity index (χ2n) is 28.6. The topological polar surface area (TPSA) is 14.8 Å². The van der Waals surface area contributed by atoms with Crippen LogP contribution in [0.15, 0.2) is 322 Å². The molecule has 0 amide bonds. The van der Waals surface area contributed by atoms with Gasteiger partial charge in [-0.05, 0) is 288 Å². The molecular weight excluding hydrogens is 1270 g/mol. The fourth-order valence-electron chi connectivity index (χ4n) is 16.3. The van der Waals surface area contributed by atoms with Crippen molar-refractivity contribution in [1.82, 2.24) is 13.7 Å². The molecule has 3 heterocycles. The lowest BCUT2D eigenvalue weighted by molar-refractivity contribution is 1.14. The molecule has 506 valence electrons. The van der Waals surface area contributed by atoms with E-state index in [1.807, 2.05) is 0 Å². The molecule has 0 spiro atoms. The van der Waals surface area contributed by atoms with Crippen LogP contribution in [0.4, 0.5) is 0 Å². The van der Waals surface area contributed by atoms with Crippen molar-refractivity contribution < 1.29 is 0 Å². The summed E-state index contributed by atoms with van der Waals surface area (Å²) in [6.07, 6.45) is 6.03. The van der Waals surface area contributed by atoms with Crippen LogP contribution in [0.1, 0.15) is 74.9 Å². The molecule has 0 N–H and O–H groups in total. The summed E-state index contributed by atoms with van der Waals surface area (Å²) in [5, 5.41) is 7.44. The van der Waals surface area contributed by atoms with Gasteiger partial charge >= 0.3 is 0 Å². The Morgan fingerprint density at radius 2 is 0.343 bits per heavy atom. The fourth-order valence-corrected chi connectivity index (χ4v) is 16.3. The number of rotatable bonds is 17. The van der Waals surface area contributed by atoms with Crippen LogP contribution in [0.25, 0.3) is 171 Å². The first-order valence-corrected chi connectivity index (χ1v) is 37.9. The number of aromatic nitrogens is 3. The summed E-state index contributed by atoms with van der Waals surface area (Å²) in [5.74, 6) is 0. The molecule has 0 bridgehead atoms. The Labute approximate surface area is 616 Å². The molecule has 0 saturated carbocycles. The quantitative estimate of drug-likeness (QED) is 0.0863. The average molecular weight is 1350 g/mol. The van der Waals surface area contributed by atoms with Crippen molar-refractivity contribution in [3.8, 4) is 106 Å². The third-order valence-corrected chi connectivity index (χ3v) is 22.5. The van der Waals surface area contributed by atoms with Crippen LogP contribution in [-0.4, -0.2) is 13.7 Å². The van der Waals surface area contributed by atoms with Crippen molar-refractivity contribution in [1.29, 1.82) is 0 Å². The molecule has 105 heavy (non-hydrogen) atoms. The molecule has 18 rings (SSSR count). The molecule has 0 aliphatic heterocycles. The third kappa shape index (κ3) is 11.8. The number of benzene rings is 15. The Kier molecular flexibility index (Phi) is 16.7. The van der Waals surface area contributed by atoms with Crippen LogP contribution in [-0.2, 0) is 38.5 Å². The second kappa shape index (κ2) is 27.1. The van der Waals surface area contributed by atoms with Gasteiger partial charge in [0.05, 0.1) is 33.1 Å². The average Bonchev–Trinajstić information content (AvgIpc) is 1.61. The molecule has 0 atom stereocenters. The molecule has 0 aliphatic carbocycles. The third-order valence-electron chi connectivity index (χ3n) is 22.5. The van der Waals surface area contributed by atoms with E-state index in [1.54, 1.807) is 0 Å². The number of fused-ring (bicyclic) bond motifs is 9. The highest BCUT2D eigenvalue weighted by atomic mass is 15.0. The highest BCUT2D eigenvalue weighted by molar-refractivity contribution is 6.14. The van der Waals surface area contributed by atoms with E-state index in [-0.39, 0.29) is 0 Å². The van der Waals surface area contributed by atoms with E-state index < -0.39 is 0 Å². The standard InChI is InChI=1S/C102H83N3/c1-7-66-22-33-72(34-23-66)80-43-49-98-92(61-80)91-54-71(12-6)32-48-97(91)103(98)88-19-13-16-77(58-88)85-55-86(78-17-14-20-89(59-78)104-99-50-44-81(73-35-24-67(8-2)25-36-73)62-93(99)94-63-82(45-51-100(94)104)74-37-26-68(9-3)27-38-74)57-87(56-85)79-18-15-21-90(60-79)105-101-52-46-83(75-39-28-69(10-4)29-40-75)64-95(101)96-65-84(47-53-102(96)105)76-41-30-70(11-5)31-42-76/h13-65H,7-12H2,1-6H3. The normalized spacial score (nSPS) is 11.8. The molecule has 0 fully saturated rings. The minimum atomic E-state index is 0.966. The van der Waals surface area contributed by atoms with E-state index in [4.69, 9.17) is 0 Å². The molecule has 3 heteroatoms. The summed E-state index contributed by atoms with van der Waals surface area (Å²) < 4.78 is 7.46. The van der Waals surface area contributed by atoms with Crippen LogP contribution in [0.2, 0.25) is 0 Å². The molecule has 0 saturated heterocycles. The van der Waals surface area contributed by atoms with Crippen LogP contribution in [0.3, 0.4) is 0 Å². The number of nitrogens with zero attached hydrogens (tertiary/aromatic N) is 3. The zero-order valence-electron chi connectivity index (χ0n) is 60.7. The van der Waals surface area contributed by atoms with E-state index >= 15 is 0 Å². The largest absolute Gasteiger partial charge is 0.309 e. The molecule has 0 aliphatic rings. The van der Waals surface area contributed by atoms with Crippen LogP contribution >= 0.6 is 0 Å². The Morgan fingerprint density at radius 3 is 0.571 bits per heavy atom. The smallest absolute Gasteiger partial charge is 0.0541 e. The van der Waals surface area contributed by atoms with Gasteiger partial charge in [-0.15, -0.1) is 0 Å². The number of hydrogen-bond acceptors (Lipinski definition) is 0. The van der Waals surface area contributed by atoms with Gasteiger partial charge in [0.2, 0.25) is 0 Å². The van der Waals surface area contributed by atoms with Crippen molar-refractivity contribution in [2.75, 3.05) is 0 Å². The predicted octanol–water partition coefficient (Wildman–Crippen LogP) is 27.7. The number of aryl methyl sites for hydroxylation is 6. The van der Waals surface area contributed by atoms with Gasteiger partial charge in [0.15, 0.2) is 0 Å². The molecule has 15 aromatic carbocycles. The predicted molar refractivity (Wildman–Crippen MR) is 449 cm³/mol. The van der Waals surface area contributed by atoms with Crippen LogP contribution in [0, 0.1) is 0 Å². The maximum atomic E-state index is 2.49. The summed E-state index contributed by atoms with van der Waals surface area (Å²) in [6.45, 7) is 13.4. The summed E-state index contributed by atoms with van der Waals surface area (Å²) in [6, 6.07) is 123. The van der Waals surface area contributed by atoms with Gasteiger partial charge in [-0.3, -0.25) is 0 Å². The molecule has 3 nitrogen and oxygen atoms in total. The lowest BCUT2D eigenvalue weighted by Gasteiger charge is -2.16. The van der Waals surface area contributed by atoms with Gasteiger partial charge in [0, 0.05) is 49.4 Å². The highest BCUT2D eigenvalue weighted by Gasteiger charge is 2.21. The molecule has 0 radical (unpaired) electrons. The fraction of sp³-hybridized carbons (Fsp3) is 0.118. The van der Waals surface area contributed by atoms with E-state index in [9.17, 15) is 0 Å². The summed E-state index contributed by atoms with van der Waals surface area (Å²) in [7, 11) is 0. The first-order valence-electron chi connectivity index (χ1n) is 37.9. The molecule has 18 aromatic rings. The van der Waals surface area contributed by atoms with E-state index in [2.05, 4.69) is 377 Å². The van der Waals surface area contributed by atoms with Crippen molar-refractivity contribution in [3.63, 3.8) is 0 Å². The number of hydrogen-bond donors (Lipinski definition) is 0. The van der Waals surface area contributed by atoms with Gasteiger partial charge in [-0.2, -0.15) is 0 Å². The Balaban J connectivity index is 0.813. The molecule has 3 aromatic heterocycles. The van der Waals surface area contributed by atoms with Crippen molar-refractivity contribution in [2.45, 2.75) is 80.1 Å². The van der Waals surface area contributed by atoms with E-state index in [1.165, 1.54) is 154 Å². The molecule has 0 unspecified atom stereocenters. The first-order chi connectivity index (χ1) is 51.7. The summed E-state index contributed by atoms with van der Waals surface area (Å²) >= 11 is 0. The SMILES string of the molecule is CCc1ccc(-c2ccc3c(c2)c2cc(CC)ccc2n3-c2cccc(-c3cc(-c4cccc(-n5c6ccc(-c7ccc(CC)cc7)cc6c6cc(-c7ccc(CC)cc7)ccc65)c4)cc(-c4cccc(-n5c6ccc(-c7ccc(CC)cc7)cc6c6cc(-c7ccc(CC)cc7)ccc65)c4)c3)c2)cc1. The Morgan fingerprint density at radius 1 is 0.152 bits per heavy atom. The highest BCUT2D eigenvalue weighted by Crippen LogP contribution is 2.44. The minimum absolute atomic E-state index is 0.966. The van der Waals surface area contributed by atoms with Crippen molar-refractivity contribution in [2.24, 2.45) is 0 Å². The maximum absolute atomic E-state index is 2.49. The van der Waals surface area contributed by atoms with Crippen molar-refractivity contribution >= 4 is 65.4 Å². The van der Waals surface area contributed by atoms with Gasteiger partial charge < -0.3 is 13.7 Å². The monoisotopic (exact) mass is 1350 g/mol. The lowest BCUT2D eigenvalue weighted by Crippen LogP contribution is -1.96. The van der Waals surface area contributed by atoms with Crippen molar-refractivity contribution in [3.05, 3.63) is 355 Å². The molecular formula is C102H83N3. The van der Waals surface area contributed by atoms with E-state index in [0.29, 0.717) is 0 Å². The summed E-state index contributed by atoms with van der Waals surface area (Å²) in [5.41, 5.74) is 37.5. The van der Waals surface area contributed by atoms with Gasteiger partial charge in [0.1, 0.15) is 0 Å². The second-order valence-corrected chi connectivity index (χ2v) is 28.6. The Hall–Kier alpha value is -12.3. The van der Waals surface area contributed by atoms with Gasteiger partial charge in [0.25, 0.3) is 0 Å². The van der Waals surface area contributed by atoms with Gasteiger partial charge in [-0.1, -0.05) is 236 Å². The Bertz CT molecular complexity index is 5860. The van der Waals surface area contributed by atoms with Gasteiger partial charge in [-0.25, -0.2) is 0 Å². The minimum Gasteiger partial charge on any atom is -0.309 e. The van der Waals surface area contributed by atoms with E-state index in [0.717, 1.165) is 89.0 Å². The summed E-state index contributed by atoms with van der Waals surface area (Å²) in [4.78, 5) is 0. The first kappa shape index (κ1) is 64.8. The lowest BCUT2D eigenvalue weighted by atomic mass is 9.92.